The van der Waals surface area contributed by atoms with Crippen LogP contribution in [0.5, 0.6) is 5.75 Å². The van der Waals surface area contributed by atoms with Crippen molar-refractivity contribution in [1.82, 2.24) is 9.78 Å². The molecule has 0 spiro atoms. The van der Waals surface area contributed by atoms with Crippen molar-refractivity contribution in [3.63, 3.8) is 0 Å². The van der Waals surface area contributed by atoms with Crippen LogP contribution < -0.4 is 4.74 Å². The first kappa shape index (κ1) is 12.2. The highest BCUT2D eigenvalue weighted by atomic mass is 16.5. The Morgan fingerprint density at radius 3 is 2.90 bits per heavy atom. The monoisotopic (exact) mass is 263 g/mol. The maximum absolute atomic E-state index is 9.12. The lowest BCUT2D eigenvalue weighted by Gasteiger charge is -2.07. The van der Waals surface area contributed by atoms with Crippen LogP contribution in [0.15, 0.2) is 48.7 Å². The molecule has 0 aliphatic carbocycles. The van der Waals surface area contributed by atoms with Crippen LogP contribution in [0.3, 0.4) is 0 Å². The highest BCUT2D eigenvalue weighted by Gasteiger charge is 2.06. The van der Waals surface area contributed by atoms with Gasteiger partial charge in [-0.25, -0.2) is 0 Å². The molecule has 0 saturated heterocycles. The first-order valence-corrected chi connectivity index (χ1v) is 6.29. The second kappa shape index (κ2) is 5.06. The number of rotatable bonds is 3. The Morgan fingerprint density at radius 2 is 2.10 bits per heavy atom. The molecule has 0 bridgehead atoms. The zero-order valence-corrected chi connectivity index (χ0v) is 11.1. The van der Waals surface area contributed by atoms with Crippen molar-refractivity contribution in [3.8, 4) is 11.8 Å². The van der Waals surface area contributed by atoms with E-state index in [9.17, 15) is 0 Å². The summed E-state index contributed by atoms with van der Waals surface area (Å²) >= 11 is 0. The van der Waals surface area contributed by atoms with E-state index in [2.05, 4.69) is 11.2 Å². The number of hydrogen-bond acceptors (Lipinski definition) is 3. The predicted octanol–water partition coefficient (Wildman–Crippen LogP) is 2.96. The van der Waals surface area contributed by atoms with Crippen LogP contribution in [0.1, 0.15) is 11.1 Å². The van der Waals surface area contributed by atoms with Crippen LogP contribution in [-0.4, -0.2) is 16.9 Å². The van der Waals surface area contributed by atoms with E-state index in [1.807, 2.05) is 53.3 Å². The number of methoxy groups -OCH3 is 1. The third-order valence-corrected chi connectivity index (χ3v) is 3.27. The van der Waals surface area contributed by atoms with Gasteiger partial charge in [-0.2, -0.15) is 10.4 Å². The first-order valence-electron chi connectivity index (χ1n) is 6.29. The fraction of sp³-hybridized carbons (Fsp3) is 0.125. The molecule has 0 amide bonds. The molecule has 0 aliphatic heterocycles. The van der Waals surface area contributed by atoms with Gasteiger partial charge in [-0.3, -0.25) is 4.68 Å². The Hall–Kier alpha value is -2.80. The molecule has 0 unspecified atom stereocenters. The number of ether oxygens (including phenoxy) is 1. The van der Waals surface area contributed by atoms with Crippen molar-refractivity contribution in [2.24, 2.45) is 0 Å². The minimum atomic E-state index is 0.543. The van der Waals surface area contributed by atoms with Crippen LogP contribution in [0.2, 0.25) is 0 Å². The standard InChI is InChI=1S/C16H13N3O/c1-20-16-7-6-12(8-14(16)9-17)11-19-15-5-3-2-4-13(15)10-18-19/h2-8,10H,11H2,1H3. The average Bonchev–Trinajstić information content (AvgIpc) is 2.90. The molecule has 0 fully saturated rings. The SMILES string of the molecule is COc1ccc(Cn2ncc3ccccc32)cc1C#N. The summed E-state index contributed by atoms with van der Waals surface area (Å²) in [5.74, 6) is 0.599. The first-order chi connectivity index (χ1) is 9.81. The fourth-order valence-corrected chi connectivity index (χ4v) is 2.27. The number of benzene rings is 2. The quantitative estimate of drug-likeness (QED) is 0.730. The smallest absolute Gasteiger partial charge is 0.136 e. The summed E-state index contributed by atoms with van der Waals surface area (Å²) in [4.78, 5) is 0. The third-order valence-electron chi connectivity index (χ3n) is 3.27. The van der Waals surface area contributed by atoms with E-state index < -0.39 is 0 Å². The summed E-state index contributed by atoms with van der Waals surface area (Å²) in [6.07, 6.45) is 1.85. The van der Waals surface area contributed by atoms with Gasteiger partial charge in [0.25, 0.3) is 0 Å². The number of hydrogen-bond donors (Lipinski definition) is 0. The van der Waals surface area contributed by atoms with Gasteiger partial charge in [0.2, 0.25) is 0 Å². The van der Waals surface area contributed by atoms with Crippen LogP contribution in [0, 0.1) is 11.3 Å². The minimum absolute atomic E-state index is 0.543. The van der Waals surface area contributed by atoms with Crippen LogP contribution in [0.4, 0.5) is 0 Å². The molecule has 0 radical (unpaired) electrons. The van der Waals surface area contributed by atoms with Crippen molar-refractivity contribution < 1.29 is 4.74 Å². The molecule has 4 heteroatoms. The van der Waals surface area contributed by atoms with Crippen molar-refractivity contribution in [2.45, 2.75) is 6.54 Å². The molecule has 98 valence electrons. The van der Waals surface area contributed by atoms with Gasteiger partial charge in [-0.05, 0) is 23.8 Å². The molecule has 3 aromatic rings. The van der Waals surface area contributed by atoms with Crippen molar-refractivity contribution in [2.75, 3.05) is 7.11 Å². The molecular formula is C16H13N3O. The summed E-state index contributed by atoms with van der Waals surface area (Å²) in [7, 11) is 1.57. The maximum atomic E-state index is 9.12. The molecule has 4 nitrogen and oxygen atoms in total. The molecule has 20 heavy (non-hydrogen) atoms. The van der Waals surface area contributed by atoms with E-state index in [-0.39, 0.29) is 0 Å². The van der Waals surface area contributed by atoms with Crippen LogP contribution in [-0.2, 0) is 6.54 Å². The number of fused-ring (bicyclic) bond motifs is 1. The van der Waals surface area contributed by atoms with E-state index in [1.165, 1.54) is 0 Å². The second-order valence-electron chi connectivity index (χ2n) is 4.51. The lowest BCUT2D eigenvalue weighted by molar-refractivity contribution is 0.413. The molecule has 1 aromatic heterocycles. The van der Waals surface area contributed by atoms with Gasteiger partial charge in [-0.15, -0.1) is 0 Å². The molecule has 0 aliphatic rings. The summed E-state index contributed by atoms with van der Waals surface area (Å²) in [6, 6.07) is 15.8. The number of para-hydroxylation sites is 1. The minimum Gasteiger partial charge on any atom is -0.495 e. The van der Waals surface area contributed by atoms with Crippen molar-refractivity contribution in [1.29, 1.82) is 5.26 Å². The lowest BCUT2D eigenvalue weighted by atomic mass is 10.1. The van der Waals surface area contributed by atoms with Gasteiger partial charge < -0.3 is 4.74 Å². The van der Waals surface area contributed by atoms with Gasteiger partial charge in [0, 0.05) is 5.39 Å². The Balaban J connectivity index is 1.97. The molecule has 0 saturated carbocycles. The van der Waals surface area contributed by atoms with Crippen molar-refractivity contribution in [3.05, 3.63) is 59.8 Å². The highest BCUT2D eigenvalue weighted by molar-refractivity contribution is 5.78. The zero-order valence-electron chi connectivity index (χ0n) is 11.1. The normalized spacial score (nSPS) is 10.4. The van der Waals surface area contributed by atoms with E-state index in [4.69, 9.17) is 10.00 Å². The fourth-order valence-electron chi connectivity index (χ4n) is 2.27. The molecular weight excluding hydrogens is 250 g/mol. The number of nitrogens with zero attached hydrogens (tertiary/aromatic N) is 3. The van der Waals surface area contributed by atoms with Gasteiger partial charge in [-0.1, -0.05) is 24.3 Å². The second-order valence-corrected chi connectivity index (χ2v) is 4.51. The molecule has 1 heterocycles. The van der Waals surface area contributed by atoms with Gasteiger partial charge in [0.1, 0.15) is 11.8 Å². The zero-order chi connectivity index (χ0) is 13.9. The predicted molar refractivity (Wildman–Crippen MR) is 76.5 cm³/mol. The lowest BCUT2D eigenvalue weighted by Crippen LogP contribution is -2.02. The summed E-state index contributed by atoms with van der Waals surface area (Å²) in [6.45, 7) is 0.631. The maximum Gasteiger partial charge on any atom is 0.136 e. The van der Waals surface area contributed by atoms with E-state index in [0.717, 1.165) is 16.5 Å². The molecule has 0 N–H and O–H groups in total. The van der Waals surface area contributed by atoms with Gasteiger partial charge in [0.05, 0.1) is 30.9 Å². The number of aromatic nitrogens is 2. The van der Waals surface area contributed by atoms with Crippen LogP contribution >= 0.6 is 0 Å². The molecule has 0 atom stereocenters. The Kier molecular flexibility index (Phi) is 3.10. The largest absolute Gasteiger partial charge is 0.495 e. The average molecular weight is 263 g/mol. The Morgan fingerprint density at radius 1 is 1.25 bits per heavy atom. The summed E-state index contributed by atoms with van der Waals surface area (Å²) in [5.41, 5.74) is 2.65. The van der Waals surface area contributed by atoms with E-state index in [1.54, 1.807) is 7.11 Å². The molecule has 2 aromatic carbocycles. The third kappa shape index (κ3) is 2.10. The van der Waals surface area contributed by atoms with E-state index in [0.29, 0.717) is 17.9 Å². The van der Waals surface area contributed by atoms with Gasteiger partial charge >= 0.3 is 0 Å². The van der Waals surface area contributed by atoms with Gasteiger partial charge in [0.15, 0.2) is 0 Å². The Labute approximate surface area is 116 Å². The summed E-state index contributed by atoms with van der Waals surface area (Å²) in [5, 5.41) is 14.6. The summed E-state index contributed by atoms with van der Waals surface area (Å²) < 4.78 is 7.08. The topological polar surface area (TPSA) is 50.8 Å². The highest BCUT2D eigenvalue weighted by Crippen LogP contribution is 2.20. The van der Waals surface area contributed by atoms with E-state index >= 15 is 0 Å². The van der Waals surface area contributed by atoms with Crippen molar-refractivity contribution >= 4 is 10.9 Å². The number of nitriles is 1. The van der Waals surface area contributed by atoms with Crippen LogP contribution in [0.25, 0.3) is 10.9 Å². The molecule has 3 rings (SSSR count). The Bertz CT molecular complexity index is 799.